The molecular weight excluding hydrogens is 196 g/mol. The predicted molar refractivity (Wildman–Crippen MR) is 59.8 cm³/mol. The molecule has 5 heteroatoms. The maximum Gasteiger partial charge on any atom is 0.115 e. The van der Waals surface area contributed by atoms with E-state index in [-0.39, 0.29) is 11.5 Å². The second-order valence-electron chi connectivity index (χ2n) is 2.65. The molecule has 0 unspecified atom stereocenters. The van der Waals surface area contributed by atoms with E-state index in [4.69, 9.17) is 10.2 Å². The van der Waals surface area contributed by atoms with Gasteiger partial charge in [-0.25, -0.2) is 4.94 Å². The lowest BCUT2D eigenvalue weighted by Crippen LogP contribution is -2.03. The molecule has 88 valence electrons. The fourth-order valence-corrected chi connectivity index (χ4v) is 0.453. The Kier molecular flexibility index (Phi) is 13.7. The van der Waals surface area contributed by atoms with Gasteiger partial charge in [-0.2, -0.15) is 11.8 Å². The molecule has 1 aromatic carbocycles. The van der Waals surface area contributed by atoms with E-state index >= 15 is 0 Å². The largest absolute Gasteiger partial charge is 0.508 e. The van der Waals surface area contributed by atoms with Gasteiger partial charge in [-0.05, 0) is 24.3 Å². The highest BCUT2D eigenvalue weighted by atomic mass is 16.7. The third kappa shape index (κ3) is 15.5. The molecule has 0 aliphatic heterocycles. The number of phenolic OH excluding ortho intramolecular Hbond substituents is 2. The van der Waals surface area contributed by atoms with Crippen molar-refractivity contribution in [2.24, 2.45) is 11.8 Å². The highest BCUT2D eigenvalue weighted by molar-refractivity contribution is 5.28. The summed E-state index contributed by atoms with van der Waals surface area (Å²) in [4.78, 5) is 3.25. The van der Waals surface area contributed by atoms with Gasteiger partial charge in [0.15, 0.2) is 0 Å². The summed E-state index contributed by atoms with van der Waals surface area (Å²) >= 11 is 0. The molecule has 15 heavy (non-hydrogen) atoms. The summed E-state index contributed by atoms with van der Waals surface area (Å²) in [5.41, 5.74) is 0. The van der Waals surface area contributed by atoms with Gasteiger partial charge < -0.3 is 10.2 Å². The van der Waals surface area contributed by atoms with Crippen LogP contribution in [0.3, 0.4) is 0 Å². The molecule has 5 nitrogen and oxygen atoms in total. The Morgan fingerprint density at radius 3 is 1.27 bits per heavy atom. The van der Waals surface area contributed by atoms with Gasteiger partial charge in [-0.3, -0.25) is 0 Å². The first kappa shape index (κ1) is 16.1. The first-order chi connectivity index (χ1) is 7.12. The average Bonchev–Trinajstić information content (AvgIpc) is 2.24. The van der Waals surface area contributed by atoms with Crippen molar-refractivity contribution in [2.75, 3.05) is 0 Å². The van der Waals surface area contributed by atoms with Crippen LogP contribution in [-0.2, 0) is 4.94 Å². The summed E-state index contributed by atoms with van der Waals surface area (Å²) in [6.07, 6.45) is 2.64. The van der Waals surface area contributed by atoms with Crippen molar-refractivity contribution in [3.05, 3.63) is 24.3 Å². The fourth-order valence-electron chi connectivity index (χ4n) is 0.453. The molecule has 6 N–H and O–H groups in total. The number of aromatic hydroxyl groups is 2. The third-order valence-electron chi connectivity index (χ3n) is 1.35. The molecule has 0 fully saturated rings. The number of phenols is 2. The van der Waals surface area contributed by atoms with E-state index in [1.807, 2.05) is 0 Å². The van der Waals surface area contributed by atoms with Crippen LogP contribution in [0.25, 0.3) is 0 Å². The van der Waals surface area contributed by atoms with Crippen LogP contribution < -0.4 is 11.8 Å². The van der Waals surface area contributed by atoms with Crippen molar-refractivity contribution in [1.82, 2.24) is 0 Å². The van der Waals surface area contributed by atoms with Crippen molar-refractivity contribution in [3.63, 3.8) is 0 Å². The van der Waals surface area contributed by atoms with Gasteiger partial charge in [0.25, 0.3) is 0 Å². The van der Waals surface area contributed by atoms with E-state index in [0.717, 1.165) is 0 Å². The average molecular weight is 216 g/mol. The molecule has 0 aliphatic carbocycles. The molecule has 1 aromatic rings. The molecule has 0 saturated carbocycles. The molecule has 0 saturated heterocycles. The zero-order valence-corrected chi connectivity index (χ0v) is 9.18. The number of unbranched alkanes of at least 4 members (excludes halogenated alkanes) is 1. The van der Waals surface area contributed by atoms with Gasteiger partial charge in [0.05, 0.1) is 0 Å². The Bertz CT molecular complexity index is 191. The zero-order valence-electron chi connectivity index (χ0n) is 9.18. The Morgan fingerprint density at radius 1 is 0.933 bits per heavy atom. The number of nitrogens with two attached hydrogens (primary N) is 2. The fraction of sp³-hybridized carbons (Fsp3) is 0.400. The molecule has 0 bridgehead atoms. The minimum absolute atomic E-state index is 0.169. The maximum absolute atomic E-state index is 8.65. The van der Waals surface area contributed by atoms with E-state index in [1.165, 1.54) is 37.1 Å². The Morgan fingerprint density at radius 2 is 1.13 bits per heavy atom. The molecule has 1 rings (SSSR count). The minimum Gasteiger partial charge on any atom is -0.508 e. The summed E-state index contributed by atoms with van der Waals surface area (Å²) in [6, 6.07) is 5.70. The van der Waals surface area contributed by atoms with Gasteiger partial charge in [-0.15, -0.1) is 0 Å². The van der Waals surface area contributed by atoms with Crippen molar-refractivity contribution in [3.8, 4) is 11.5 Å². The number of benzene rings is 1. The number of hydrogen-bond acceptors (Lipinski definition) is 5. The molecule has 0 aliphatic rings. The van der Waals surface area contributed by atoms with Crippen molar-refractivity contribution in [2.45, 2.75) is 26.7 Å². The molecule has 0 spiro atoms. The Labute approximate surface area is 90.2 Å². The summed E-state index contributed by atoms with van der Waals surface area (Å²) in [6.45, 7) is 4.36. The predicted octanol–water partition coefficient (Wildman–Crippen LogP) is 1.65. The summed E-state index contributed by atoms with van der Waals surface area (Å²) in [7, 11) is 0. The summed E-state index contributed by atoms with van der Waals surface area (Å²) in [5, 5.41) is 17.3. The second kappa shape index (κ2) is 12.7. The van der Waals surface area contributed by atoms with Crippen LogP contribution in [0.2, 0.25) is 0 Å². The van der Waals surface area contributed by atoms with Crippen molar-refractivity contribution in [1.29, 1.82) is 0 Å². The first-order valence-electron chi connectivity index (χ1n) is 4.65. The van der Waals surface area contributed by atoms with E-state index in [2.05, 4.69) is 30.6 Å². The molecule has 0 amide bonds. The minimum atomic E-state index is 0.169. The third-order valence-corrected chi connectivity index (χ3v) is 1.35. The van der Waals surface area contributed by atoms with Gasteiger partial charge in [-0.1, -0.05) is 26.7 Å². The Hall–Kier alpha value is -1.30. The molecule has 0 heterocycles. The smallest absolute Gasteiger partial charge is 0.115 e. The van der Waals surface area contributed by atoms with Crippen LogP contribution in [0.1, 0.15) is 26.7 Å². The summed E-state index contributed by atoms with van der Waals surface area (Å²) in [5.74, 6) is 8.59. The van der Waals surface area contributed by atoms with Gasteiger partial charge in [0, 0.05) is 0 Å². The zero-order chi connectivity index (χ0) is 12.1. The van der Waals surface area contributed by atoms with Crippen LogP contribution in [-0.4, -0.2) is 10.2 Å². The SMILES string of the molecule is CCCC.NON.Oc1ccc(O)cc1. The topological polar surface area (TPSA) is 102 Å². The standard InChI is InChI=1S/C6H6O2.C4H10.H4N2O/c7-5-1-2-6(8)4-3-5;1-3-4-2;1-3-2/h1-4,7-8H;3-4H2,1-2H3;1-2H2. The second-order valence-corrected chi connectivity index (χ2v) is 2.65. The highest BCUT2D eigenvalue weighted by Gasteiger charge is 1.84. The van der Waals surface area contributed by atoms with E-state index in [9.17, 15) is 0 Å². The van der Waals surface area contributed by atoms with Gasteiger partial charge in [0.2, 0.25) is 0 Å². The van der Waals surface area contributed by atoms with Gasteiger partial charge >= 0.3 is 0 Å². The van der Waals surface area contributed by atoms with E-state index in [0.29, 0.717) is 0 Å². The van der Waals surface area contributed by atoms with Crippen LogP contribution in [0.15, 0.2) is 24.3 Å². The number of rotatable bonds is 1. The van der Waals surface area contributed by atoms with E-state index in [1.54, 1.807) is 0 Å². The molecule has 0 atom stereocenters. The maximum atomic E-state index is 8.65. The van der Waals surface area contributed by atoms with E-state index < -0.39 is 0 Å². The molecule has 0 radical (unpaired) electrons. The molecular formula is C10H20N2O3. The lowest BCUT2D eigenvalue weighted by Gasteiger charge is -1.88. The van der Waals surface area contributed by atoms with Crippen molar-refractivity contribution < 1.29 is 15.2 Å². The summed E-state index contributed by atoms with van der Waals surface area (Å²) < 4.78 is 0. The quantitative estimate of drug-likeness (QED) is 0.422. The van der Waals surface area contributed by atoms with Crippen LogP contribution in [0.5, 0.6) is 11.5 Å². The lowest BCUT2D eigenvalue weighted by atomic mass is 10.3. The first-order valence-corrected chi connectivity index (χ1v) is 4.65. The number of hydrogen-bond donors (Lipinski definition) is 4. The van der Waals surface area contributed by atoms with Crippen molar-refractivity contribution >= 4 is 0 Å². The van der Waals surface area contributed by atoms with Crippen LogP contribution >= 0.6 is 0 Å². The monoisotopic (exact) mass is 216 g/mol. The van der Waals surface area contributed by atoms with Crippen LogP contribution in [0, 0.1) is 0 Å². The molecule has 0 aromatic heterocycles. The Balaban J connectivity index is 0. The highest BCUT2D eigenvalue weighted by Crippen LogP contribution is 2.13. The lowest BCUT2D eigenvalue weighted by molar-refractivity contribution is 0.142. The normalized spacial score (nSPS) is 8.00. The van der Waals surface area contributed by atoms with Crippen LogP contribution in [0.4, 0.5) is 0 Å². The van der Waals surface area contributed by atoms with Gasteiger partial charge in [0.1, 0.15) is 11.5 Å².